The van der Waals surface area contributed by atoms with Gasteiger partial charge in [0.2, 0.25) is 0 Å². The number of aromatic nitrogens is 2. The van der Waals surface area contributed by atoms with Gasteiger partial charge in [-0.3, -0.25) is 14.7 Å². The first kappa shape index (κ1) is 24.4. The van der Waals surface area contributed by atoms with Crippen molar-refractivity contribution in [1.29, 1.82) is 0 Å². The predicted molar refractivity (Wildman–Crippen MR) is 133 cm³/mol. The molecular formula is C23H32N6O4S. The third kappa shape index (κ3) is 5.48. The van der Waals surface area contributed by atoms with Crippen molar-refractivity contribution in [3.05, 3.63) is 24.4 Å². The van der Waals surface area contributed by atoms with Gasteiger partial charge in [0.1, 0.15) is 11.4 Å². The summed E-state index contributed by atoms with van der Waals surface area (Å²) in [5.74, 6) is 0.651. The van der Waals surface area contributed by atoms with Crippen LogP contribution in [0, 0.1) is 0 Å². The number of hydrogen-bond donors (Lipinski definition) is 1. The molecule has 2 fully saturated rings. The number of anilines is 1. The van der Waals surface area contributed by atoms with Crippen LogP contribution in [0.1, 0.15) is 32.6 Å². The molecule has 2 heterocycles. The number of benzene rings is 1. The monoisotopic (exact) mass is 488 g/mol. The Morgan fingerprint density at radius 1 is 1.24 bits per heavy atom. The highest BCUT2D eigenvalue weighted by molar-refractivity contribution is 7.89. The first-order valence-electron chi connectivity index (χ1n) is 11.5. The Morgan fingerprint density at radius 3 is 2.59 bits per heavy atom. The van der Waals surface area contributed by atoms with Crippen molar-refractivity contribution in [3.63, 3.8) is 0 Å². The van der Waals surface area contributed by atoms with Gasteiger partial charge >= 0.3 is 0 Å². The number of ether oxygens (including phenoxy) is 2. The summed E-state index contributed by atoms with van der Waals surface area (Å²) in [6.45, 7) is 8.57. The van der Waals surface area contributed by atoms with E-state index in [4.69, 9.17) is 9.47 Å². The standard InChI is InChI=1S/C23H32N6O4S/c1-4-25-20-15-18(29-11-13-32-14-12-29)16-21(23(20)24-2)33-19-7-5-17(6-8-19)27-34(30,31)22-9-10-26-28(22)3/h4,9-10,15-17,19,27H,2,5-8,11-14H2,1,3H3. The fourth-order valence-electron chi connectivity index (χ4n) is 4.45. The number of aliphatic imine (C=N–C) groups is 2. The first-order valence-corrected chi connectivity index (χ1v) is 13.0. The highest BCUT2D eigenvalue weighted by Crippen LogP contribution is 2.43. The zero-order valence-corrected chi connectivity index (χ0v) is 20.5. The molecule has 4 rings (SSSR count). The molecule has 34 heavy (non-hydrogen) atoms. The van der Waals surface area contributed by atoms with E-state index in [0.717, 1.165) is 31.6 Å². The van der Waals surface area contributed by atoms with Crippen molar-refractivity contribution in [3.8, 4) is 5.75 Å². The van der Waals surface area contributed by atoms with Gasteiger partial charge < -0.3 is 14.4 Å². The topological polar surface area (TPSA) is 110 Å². The molecule has 1 aromatic carbocycles. The quantitative estimate of drug-likeness (QED) is 0.572. The second-order valence-corrected chi connectivity index (χ2v) is 10.1. The Hall–Kier alpha value is -2.76. The average Bonchev–Trinajstić information content (AvgIpc) is 3.28. The fraction of sp³-hybridized carbons (Fsp3) is 0.522. The molecule has 2 aliphatic rings. The van der Waals surface area contributed by atoms with Crippen LogP contribution in [-0.4, -0.2) is 69.6 Å². The Morgan fingerprint density at radius 2 is 1.97 bits per heavy atom. The lowest BCUT2D eigenvalue weighted by atomic mass is 9.93. The van der Waals surface area contributed by atoms with Crippen LogP contribution in [0.4, 0.5) is 17.1 Å². The van der Waals surface area contributed by atoms with E-state index in [9.17, 15) is 8.42 Å². The van der Waals surface area contributed by atoms with E-state index >= 15 is 0 Å². The van der Waals surface area contributed by atoms with Crippen molar-refractivity contribution in [2.75, 3.05) is 31.2 Å². The Kier molecular flexibility index (Phi) is 7.64. The van der Waals surface area contributed by atoms with Crippen LogP contribution >= 0.6 is 0 Å². The van der Waals surface area contributed by atoms with Gasteiger partial charge in [-0.05, 0) is 51.5 Å². The van der Waals surface area contributed by atoms with Crippen LogP contribution in [-0.2, 0) is 21.8 Å². The molecule has 1 aliphatic heterocycles. The maximum absolute atomic E-state index is 12.7. The van der Waals surface area contributed by atoms with E-state index in [1.165, 1.54) is 16.9 Å². The summed E-state index contributed by atoms with van der Waals surface area (Å²) in [6.07, 6.45) is 5.98. The molecule has 1 saturated heterocycles. The van der Waals surface area contributed by atoms with Gasteiger partial charge in [0.15, 0.2) is 5.03 Å². The van der Waals surface area contributed by atoms with Crippen molar-refractivity contribution < 1.29 is 17.9 Å². The summed E-state index contributed by atoms with van der Waals surface area (Å²) in [5, 5.41) is 4.12. The van der Waals surface area contributed by atoms with Crippen LogP contribution in [0.5, 0.6) is 5.75 Å². The molecule has 0 unspecified atom stereocenters. The van der Waals surface area contributed by atoms with E-state index < -0.39 is 10.0 Å². The maximum Gasteiger partial charge on any atom is 0.257 e. The number of rotatable bonds is 8. The molecule has 0 bridgehead atoms. The van der Waals surface area contributed by atoms with Gasteiger partial charge in [0.05, 0.1) is 31.2 Å². The van der Waals surface area contributed by atoms with E-state index in [-0.39, 0.29) is 17.2 Å². The average molecular weight is 489 g/mol. The normalized spacial score (nSPS) is 21.6. The molecule has 1 saturated carbocycles. The molecule has 10 nitrogen and oxygen atoms in total. The van der Waals surface area contributed by atoms with Crippen LogP contribution in [0.15, 0.2) is 39.4 Å². The summed E-state index contributed by atoms with van der Waals surface area (Å²) in [5.41, 5.74) is 2.35. The summed E-state index contributed by atoms with van der Waals surface area (Å²) in [6, 6.07) is 5.36. The minimum atomic E-state index is -3.61. The summed E-state index contributed by atoms with van der Waals surface area (Å²) in [7, 11) is -1.99. The van der Waals surface area contributed by atoms with Crippen molar-refractivity contribution in [1.82, 2.24) is 14.5 Å². The van der Waals surface area contributed by atoms with E-state index in [1.54, 1.807) is 13.3 Å². The van der Waals surface area contributed by atoms with Crippen LogP contribution in [0.25, 0.3) is 0 Å². The lowest BCUT2D eigenvalue weighted by Crippen LogP contribution is -2.40. The highest BCUT2D eigenvalue weighted by Gasteiger charge is 2.29. The van der Waals surface area contributed by atoms with Gasteiger partial charge in [-0.25, -0.2) is 13.1 Å². The zero-order valence-electron chi connectivity index (χ0n) is 19.7. The van der Waals surface area contributed by atoms with Crippen molar-refractivity contribution in [2.45, 2.75) is 49.8 Å². The van der Waals surface area contributed by atoms with Gasteiger partial charge in [0.25, 0.3) is 10.0 Å². The number of hydrogen-bond acceptors (Lipinski definition) is 8. The predicted octanol–water partition coefficient (Wildman–Crippen LogP) is 2.98. The minimum absolute atomic E-state index is 0.0450. The molecule has 1 N–H and O–H groups in total. The number of nitrogens with zero attached hydrogens (tertiary/aromatic N) is 5. The maximum atomic E-state index is 12.7. The second kappa shape index (κ2) is 10.7. The fourth-order valence-corrected chi connectivity index (χ4v) is 5.88. The molecule has 184 valence electrons. The Labute approximate surface area is 200 Å². The number of aryl methyl sites for hydroxylation is 1. The lowest BCUT2D eigenvalue weighted by molar-refractivity contribution is 0.122. The summed E-state index contributed by atoms with van der Waals surface area (Å²) < 4.78 is 41.4. The third-order valence-electron chi connectivity index (χ3n) is 6.18. The third-order valence-corrected chi connectivity index (χ3v) is 7.78. The molecule has 1 aliphatic carbocycles. The first-order chi connectivity index (χ1) is 16.4. The molecule has 2 aromatic rings. The molecule has 0 atom stereocenters. The number of sulfonamides is 1. The zero-order chi connectivity index (χ0) is 24.1. The second-order valence-electron chi connectivity index (χ2n) is 8.46. The van der Waals surface area contributed by atoms with E-state index in [0.29, 0.717) is 43.2 Å². The van der Waals surface area contributed by atoms with Crippen LogP contribution in [0.3, 0.4) is 0 Å². The Bertz CT molecular complexity index is 1130. The van der Waals surface area contributed by atoms with Gasteiger partial charge in [-0.1, -0.05) is 0 Å². The van der Waals surface area contributed by atoms with Gasteiger partial charge in [-0.15, -0.1) is 0 Å². The molecule has 0 spiro atoms. The smallest absolute Gasteiger partial charge is 0.257 e. The number of morpholine rings is 1. The molecule has 1 aromatic heterocycles. The van der Waals surface area contributed by atoms with Crippen molar-refractivity contribution in [2.24, 2.45) is 17.0 Å². The largest absolute Gasteiger partial charge is 0.488 e. The van der Waals surface area contributed by atoms with Gasteiger partial charge in [-0.2, -0.15) is 5.10 Å². The highest BCUT2D eigenvalue weighted by atomic mass is 32.2. The molecular weight excluding hydrogens is 456 g/mol. The van der Waals surface area contributed by atoms with Gasteiger partial charge in [0, 0.05) is 44.1 Å². The SMILES string of the molecule is C=Nc1c(N=CC)cc(N2CCOCC2)cc1OC1CCC(NS(=O)(=O)c2ccnn2C)CC1. The minimum Gasteiger partial charge on any atom is -0.488 e. The summed E-state index contributed by atoms with van der Waals surface area (Å²) in [4.78, 5) is 11.0. The lowest BCUT2D eigenvalue weighted by Gasteiger charge is -2.32. The summed E-state index contributed by atoms with van der Waals surface area (Å²) >= 11 is 0. The van der Waals surface area contributed by atoms with Crippen LogP contribution in [0.2, 0.25) is 0 Å². The van der Waals surface area contributed by atoms with E-state index in [1.807, 2.05) is 19.1 Å². The van der Waals surface area contributed by atoms with E-state index in [2.05, 4.69) is 31.4 Å². The number of nitrogens with one attached hydrogen (secondary N) is 1. The van der Waals surface area contributed by atoms with Crippen LogP contribution < -0.4 is 14.4 Å². The molecule has 0 amide bonds. The Balaban J connectivity index is 1.46. The molecule has 11 heteroatoms. The van der Waals surface area contributed by atoms with Crippen molar-refractivity contribution >= 4 is 40.0 Å². The molecule has 0 radical (unpaired) electrons.